The summed E-state index contributed by atoms with van der Waals surface area (Å²) in [6.07, 6.45) is 0.587. The van der Waals surface area contributed by atoms with Crippen LogP contribution in [0.4, 0.5) is 0 Å². The number of nitrogens with zero attached hydrogens (tertiary/aromatic N) is 1. The lowest BCUT2D eigenvalue weighted by atomic mass is 10.1. The van der Waals surface area contributed by atoms with Crippen molar-refractivity contribution in [1.29, 1.82) is 0 Å². The molecule has 3 N–H and O–H groups in total. The van der Waals surface area contributed by atoms with Gasteiger partial charge in [0.05, 0.1) is 11.8 Å². The van der Waals surface area contributed by atoms with Crippen LogP contribution in [-0.2, 0) is 6.54 Å². The summed E-state index contributed by atoms with van der Waals surface area (Å²) in [4.78, 5) is 0. The third-order valence-corrected chi connectivity index (χ3v) is 2.71. The van der Waals surface area contributed by atoms with E-state index in [1.807, 2.05) is 13.8 Å². The smallest absolute Gasteiger partial charge is 0.0667 e. The van der Waals surface area contributed by atoms with Gasteiger partial charge >= 0.3 is 0 Å². The second kappa shape index (κ2) is 6.01. The van der Waals surface area contributed by atoms with Crippen LogP contribution < -0.4 is 5.32 Å². The molecule has 1 aromatic rings. The van der Waals surface area contributed by atoms with Crippen LogP contribution in [0.3, 0.4) is 0 Å². The number of aromatic nitrogens is 2. The first-order valence-electron chi connectivity index (χ1n) is 5.90. The molecule has 1 rings (SSSR count). The standard InChI is InChI=1S/C12H23N3O/c1-8(2)5-11(16)6-13-7-12-9(3)14-15-10(12)4/h8,11,13,16H,5-7H2,1-4H3,(H,14,15). The van der Waals surface area contributed by atoms with Crippen LogP contribution in [0.15, 0.2) is 0 Å². The van der Waals surface area contributed by atoms with Gasteiger partial charge in [0.15, 0.2) is 0 Å². The number of aromatic amines is 1. The monoisotopic (exact) mass is 225 g/mol. The van der Waals surface area contributed by atoms with E-state index in [4.69, 9.17) is 0 Å². The summed E-state index contributed by atoms with van der Waals surface area (Å²) < 4.78 is 0. The molecule has 0 aliphatic rings. The maximum absolute atomic E-state index is 9.70. The Bertz CT molecular complexity index is 301. The fourth-order valence-electron chi connectivity index (χ4n) is 1.83. The predicted octanol–water partition coefficient (Wildman–Crippen LogP) is 1.52. The number of rotatable bonds is 6. The summed E-state index contributed by atoms with van der Waals surface area (Å²) >= 11 is 0. The van der Waals surface area contributed by atoms with E-state index in [1.165, 1.54) is 5.56 Å². The van der Waals surface area contributed by atoms with Crippen LogP contribution in [0.5, 0.6) is 0 Å². The summed E-state index contributed by atoms with van der Waals surface area (Å²) in [6.45, 7) is 9.65. The minimum Gasteiger partial charge on any atom is -0.392 e. The van der Waals surface area contributed by atoms with Crippen LogP contribution >= 0.6 is 0 Å². The second-order valence-corrected chi connectivity index (χ2v) is 4.83. The van der Waals surface area contributed by atoms with Crippen molar-refractivity contribution < 1.29 is 5.11 Å². The Balaban J connectivity index is 2.30. The van der Waals surface area contributed by atoms with Gasteiger partial charge in [0.25, 0.3) is 0 Å². The SMILES string of the molecule is Cc1n[nH]c(C)c1CNCC(O)CC(C)C. The van der Waals surface area contributed by atoms with Gasteiger partial charge < -0.3 is 10.4 Å². The first kappa shape index (κ1) is 13.2. The second-order valence-electron chi connectivity index (χ2n) is 4.83. The average molecular weight is 225 g/mol. The summed E-state index contributed by atoms with van der Waals surface area (Å²) in [5, 5.41) is 20.1. The summed E-state index contributed by atoms with van der Waals surface area (Å²) in [6, 6.07) is 0. The van der Waals surface area contributed by atoms with Crippen molar-refractivity contribution in [2.75, 3.05) is 6.54 Å². The number of hydrogen-bond acceptors (Lipinski definition) is 3. The molecular formula is C12H23N3O. The molecule has 0 aliphatic carbocycles. The molecule has 0 saturated carbocycles. The van der Waals surface area contributed by atoms with Crippen molar-refractivity contribution in [1.82, 2.24) is 15.5 Å². The zero-order valence-electron chi connectivity index (χ0n) is 10.7. The van der Waals surface area contributed by atoms with E-state index in [0.29, 0.717) is 12.5 Å². The maximum atomic E-state index is 9.70. The first-order valence-corrected chi connectivity index (χ1v) is 5.90. The quantitative estimate of drug-likeness (QED) is 0.688. The van der Waals surface area contributed by atoms with E-state index in [1.54, 1.807) is 0 Å². The zero-order valence-corrected chi connectivity index (χ0v) is 10.7. The summed E-state index contributed by atoms with van der Waals surface area (Å²) in [7, 11) is 0. The molecule has 4 nitrogen and oxygen atoms in total. The normalized spacial score (nSPS) is 13.4. The summed E-state index contributed by atoms with van der Waals surface area (Å²) in [5.41, 5.74) is 3.34. The molecule has 0 fully saturated rings. The van der Waals surface area contributed by atoms with Crippen LogP contribution in [-0.4, -0.2) is 28.0 Å². The van der Waals surface area contributed by atoms with Crippen molar-refractivity contribution in [3.63, 3.8) is 0 Å². The van der Waals surface area contributed by atoms with Gasteiger partial charge in [-0.3, -0.25) is 5.10 Å². The number of hydrogen-bond donors (Lipinski definition) is 3. The van der Waals surface area contributed by atoms with Gasteiger partial charge in [-0.1, -0.05) is 13.8 Å². The van der Waals surface area contributed by atoms with Crippen molar-refractivity contribution in [3.05, 3.63) is 17.0 Å². The number of H-pyrrole nitrogens is 1. The van der Waals surface area contributed by atoms with E-state index in [2.05, 4.69) is 29.4 Å². The fourth-order valence-corrected chi connectivity index (χ4v) is 1.83. The largest absolute Gasteiger partial charge is 0.392 e. The fraction of sp³-hybridized carbons (Fsp3) is 0.750. The molecule has 16 heavy (non-hydrogen) atoms. The average Bonchev–Trinajstić information content (AvgIpc) is 2.47. The van der Waals surface area contributed by atoms with Crippen molar-refractivity contribution in [2.45, 2.75) is 46.8 Å². The molecule has 0 aromatic carbocycles. The number of aliphatic hydroxyl groups excluding tert-OH is 1. The van der Waals surface area contributed by atoms with E-state index in [0.717, 1.165) is 24.4 Å². The highest BCUT2D eigenvalue weighted by Gasteiger charge is 2.08. The van der Waals surface area contributed by atoms with Gasteiger partial charge in [-0.25, -0.2) is 0 Å². The summed E-state index contributed by atoms with van der Waals surface area (Å²) in [5.74, 6) is 0.536. The van der Waals surface area contributed by atoms with Crippen molar-refractivity contribution in [2.24, 2.45) is 5.92 Å². The Kier molecular flexibility index (Phi) is 4.96. The highest BCUT2D eigenvalue weighted by molar-refractivity contribution is 5.22. The van der Waals surface area contributed by atoms with Gasteiger partial charge in [0.2, 0.25) is 0 Å². The van der Waals surface area contributed by atoms with Crippen molar-refractivity contribution >= 4 is 0 Å². The molecule has 0 saturated heterocycles. The Hall–Kier alpha value is -0.870. The molecule has 92 valence electrons. The predicted molar refractivity (Wildman–Crippen MR) is 65.2 cm³/mol. The zero-order chi connectivity index (χ0) is 12.1. The highest BCUT2D eigenvalue weighted by Crippen LogP contribution is 2.09. The van der Waals surface area contributed by atoms with Crippen LogP contribution in [0.25, 0.3) is 0 Å². The molecule has 0 amide bonds. The molecule has 0 aliphatic heterocycles. The number of nitrogens with one attached hydrogen (secondary N) is 2. The third kappa shape index (κ3) is 3.94. The Morgan fingerprint density at radius 2 is 2.06 bits per heavy atom. The number of aliphatic hydroxyl groups is 1. The molecule has 1 unspecified atom stereocenters. The van der Waals surface area contributed by atoms with E-state index < -0.39 is 0 Å². The lowest BCUT2D eigenvalue weighted by Gasteiger charge is -2.13. The molecule has 4 heteroatoms. The molecule has 1 aromatic heterocycles. The molecule has 0 radical (unpaired) electrons. The highest BCUT2D eigenvalue weighted by atomic mass is 16.3. The Morgan fingerprint density at radius 1 is 1.38 bits per heavy atom. The van der Waals surface area contributed by atoms with E-state index in [-0.39, 0.29) is 6.10 Å². The third-order valence-electron chi connectivity index (χ3n) is 2.71. The van der Waals surface area contributed by atoms with E-state index >= 15 is 0 Å². The minimum atomic E-state index is -0.257. The van der Waals surface area contributed by atoms with Gasteiger partial charge in [-0.15, -0.1) is 0 Å². The number of aryl methyl sites for hydroxylation is 2. The lowest BCUT2D eigenvalue weighted by Crippen LogP contribution is -2.27. The molecule has 1 atom stereocenters. The van der Waals surface area contributed by atoms with Crippen molar-refractivity contribution in [3.8, 4) is 0 Å². The van der Waals surface area contributed by atoms with Gasteiger partial charge in [-0.05, 0) is 26.2 Å². The molecular weight excluding hydrogens is 202 g/mol. The van der Waals surface area contributed by atoms with Crippen LogP contribution in [0.1, 0.15) is 37.2 Å². The molecule has 0 spiro atoms. The Labute approximate surface area is 97.5 Å². The van der Waals surface area contributed by atoms with Crippen LogP contribution in [0, 0.1) is 19.8 Å². The van der Waals surface area contributed by atoms with Gasteiger partial charge in [0.1, 0.15) is 0 Å². The topological polar surface area (TPSA) is 60.9 Å². The molecule has 0 bridgehead atoms. The Morgan fingerprint density at radius 3 is 2.56 bits per heavy atom. The minimum absolute atomic E-state index is 0.257. The van der Waals surface area contributed by atoms with Crippen LogP contribution in [0.2, 0.25) is 0 Å². The maximum Gasteiger partial charge on any atom is 0.0667 e. The first-order chi connectivity index (χ1) is 7.50. The van der Waals surface area contributed by atoms with E-state index in [9.17, 15) is 5.11 Å². The van der Waals surface area contributed by atoms with Gasteiger partial charge in [0, 0.05) is 24.3 Å². The molecule has 1 heterocycles. The lowest BCUT2D eigenvalue weighted by molar-refractivity contribution is 0.146. The van der Waals surface area contributed by atoms with Gasteiger partial charge in [-0.2, -0.15) is 5.10 Å².